The lowest BCUT2D eigenvalue weighted by Gasteiger charge is -2.16. The zero-order valence-electron chi connectivity index (χ0n) is 13.5. The normalized spacial score (nSPS) is 17.0. The first-order valence-corrected chi connectivity index (χ1v) is 9.36. The fourth-order valence-corrected chi connectivity index (χ4v) is 4.59. The number of carbonyl (C=O) groups is 2. The zero-order valence-corrected chi connectivity index (χ0v) is 14.3. The predicted octanol–water partition coefficient (Wildman–Crippen LogP) is 4.01. The maximum absolute atomic E-state index is 12.5. The van der Waals surface area contributed by atoms with Crippen LogP contribution in [0, 0.1) is 0 Å². The Kier molecular flexibility index (Phi) is 4.10. The lowest BCUT2D eigenvalue weighted by molar-refractivity contribution is -0.117. The summed E-state index contributed by atoms with van der Waals surface area (Å²) < 4.78 is 0. The summed E-state index contributed by atoms with van der Waals surface area (Å²) >= 11 is 1.62. The Morgan fingerprint density at radius 3 is 2.54 bits per heavy atom. The van der Waals surface area contributed by atoms with Gasteiger partial charge in [-0.15, -0.1) is 11.3 Å². The fourth-order valence-electron chi connectivity index (χ4n) is 3.44. The zero-order chi connectivity index (χ0) is 16.5. The molecule has 0 atom stereocenters. The Labute approximate surface area is 145 Å². The molecule has 2 aliphatic rings. The van der Waals surface area contributed by atoms with Crippen LogP contribution >= 0.6 is 11.3 Å². The van der Waals surface area contributed by atoms with Crippen LogP contribution in [0.1, 0.15) is 45.8 Å². The summed E-state index contributed by atoms with van der Waals surface area (Å²) in [4.78, 5) is 28.2. The Hall–Kier alpha value is -2.14. The molecule has 2 aromatic rings. The highest BCUT2D eigenvalue weighted by Gasteiger charge is 2.21. The van der Waals surface area contributed by atoms with Gasteiger partial charge < -0.3 is 10.2 Å². The molecule has 1 aliphatic heterocycles. The molecule has 124 valence electrons. The number of rotatable bonds is 3. The quantitative estimate of drug-likeness (QED) is 0.918. The van der Waals surface area contributed by atoms with E-state index in [0.717, 1.165) is 42.1 Å². The number of anilines is 2. The van der Waals surface area contributed by atoms with Crippen molar-refractivity contribution in [3.05, 3.63) is 45.6 Å². The van der Waals surface area contributed by atoms with Gasteiger partial charge in [0.25, 0.3) is 5.91 Å². The van der Waals surface area contributed by atoms with Crippen LogP contribution in [0.15, 0.2) is 30.3 Å². The molecule has 4 nitrogen and oxygen atoms in total. The second kappa shape index (κ2) is 6.40. The van der Waals surface area contributed by atoms with E-state index in [9.17, 15) is 9.59 Å². The van der Waals surface area contributed by atoms with Crippen molar-refractivity contribution in [1.82, 2.24) is 0 Å². The minimum Gasteiger partial charge on any atom is -0.321 e. The van der Waals surface area contributed by atoms with Gasteiger partial charge in [-0.25, -0.2) is 0 Å². The summed E-state index contributed by atoms with van der Waals surface area (Å²) in [6, 6.07) is 9.58. The Morgan fingerprint density at radius 2 is 1.83 bits per heavy atom. The van der Waals surface area contributed by atoms with Gasteiger partial charge in [0.1, 0.15) is 0 Å². The summed E-state index contributed by atoms with van der Waals surface area (Å²) in [6.07, 6.45) is 6.19. The molecule has 0 saturated carbocycles. The Morgan fingerprint density at radius 1 is 1.04 bits per heavy atom. The summed E-state index contributed by atoms with van der Waals surface area (Å²) in [6.45, 7) is 0.783. The first-order valence-electron chi connectivity index (χ1n) is 8.54. The molecule has 0 spiro atoms. The maximum Gasteiger partial charge on any atom is 0.265 e. The highest BCUT2D eigenvalue weighted by Crippen LogP contribution is 2.30. The fraction of sp³-hybridized carbons (Fsp3) is 0.368. The average molecular weight is 340 g/mol. The number of nitrogens with one attached hydrogen (secondary N) is 1. The first-order chi connectivity index (χ1) is 11.7. The second-order valence-electron chi connectivity index (χ2n) is 6.42. The molecule has 24 heavy (non-hydrogen) atoms. The van der Waals surface area contributed by atoms with Gasteiger partial charge in [-0.05, 0) is 68.0 Å². The number of nitrogens with zero attached hydrogens (tertiary/aromatic N) is 1. The van der Waals surface area contributed by atoms with Gasteiger partial charge >= 0.3 is 0 Å². The molecule has 0 unspecified atom stereocenters. The SMILES string of the molecule is O=C(Nc1ccc(N2CCCC2=O)cc1)c1cc2c(s1)CCCC2. The Balaban J connectivity index is 1.45. The summed E-state index contributed by atoms with van der Waals surface area (Å²) in [5, 5.41) is 2.96. The van der Waals surface area contributed by atoms with Crippen molar-refractivity contribution in [2.45, 2.75) is 38.5 Å². The van der Waals surface area contributed by atoms with Gasteiger partial charge in [-0.2, -0.15) is 0 Å². The number of aryl methyl sites for hydroxylation is 2. The molecule has 1 aliphatic carbocycles. The van der Waals surface area contributed by atoms with E-state index in [1.54, 1.807) is 16.2 Å². The molecule has 1 fully saturated rings. The number of amides is 2. The first kappa shape index (κ1) is 15.4. The molecule has 1 saturated heterocycles. The largest absolute Gasteiger partial charge is 0.321 e. The van der Waals surface area contributed by atoms with Gasteiger partial charge in [0.2, 0.25) is 5.91 Å². The van der Waals surface area contributed by atoms with Crippen LogP contribution in [0.5, 0.6) is 0 Å². The molecule has 0 bridgehead atoms. The van der Waals surface area contributed by atoms with Crippen LogP contribution in [-0.4, -0.2) is 18.4 Å². The lowest BCUT2D eigenvalue weighted by atomic mass is 9.99. The van der Waals surface area contributed by atoms with E-state index in [1.807, 2.05) is 30.3 Å². The van der Waals surface area contributed by atoms with E-state index >= 15 is 0 Å². The minimum atomic E-state index is -0.0422. The monoisotopic (exact) mass is 340 g/mol. The third-order valence-corrected chi connectivity index (χ3v) is 5.97. The number of hydrogen-bond acceptors (Lipinski definition) is 3. The molecule has 1 aromatic carbocycles. The number of hydrogen-bond donors (Lipinski definition) is 1. The Bertz CT molecular complexity index is 756. The van der Waals surface area contributed by atoms with E-state index in [-0.39, 0.29) is 11.8 Å². The van der Waals surface area contributed by atoms with Gasteiger partial charge in [0.05, 0.1) is 4.88 Å². The van der Waals surface area contributed by atoms with Crippen molar-refractivity contribution in [3.8, 4) is 0 Å². The van der Waals surface area contributed by atoms with E-state index in [4.69, 9.17) is 0 Å². The van der Waals surface area contributed by atoms with E-state index < -0.39 is 0 Å². The molecule has 2 heterocycles. The maximum atomic E-state index is 12.5. The molecule has 1 aromatic heterocycles. The number of carbonyl (C=O) groups excluding carboxylic acids is 2. The van der Waals surface area contributed by atoms with Crippen LogP contribution in [-0.2, 0) is 17.6 Å². The third kappa shape index (κ3) is 2.96. The number of fused-ring (bicyclic) bond motifs is 1. The van der Waals surface area contributed by atoms with E-state index in [2.05, 4.69) is 5.32 Å². The van der Waals surface area contributed by atoms with Gasteiger partial charge in [-0.1, -0.05) is 0 Å². The van der Waals surface area contributed by atoms with Crippen molar-refractivity contribution < 1.29 is 9.59 Å². The number of thiophene rings is 1. The average Bonchev–Trinajstić information content (AvgIpc) is 3.21. The summed E-state index contributed by atoms with van der Waals surface area (Å²) in [5.41, 5.74) is 3.02. The molecule has 4 rings (SSSR count). The molecule has 1 N–H and O–H groups in total. The topological polar surface area (TPSA) is 49.4 Å². The van der Waals surface area contributed by atoms with Crippen molar-refractivity contribution in [2.75, 3.05) is 16.8 Å². The van der Waals surface area contributed by atoms with Crippen LogP contribution in [0.2, 0.25) is 0 Å². The van der Waals surface area contributed by atoms with Gasteiger partial charge in [-0.3, -0.25) is 9.59 Å². The van der Waals surface area contributed by atoms with Gasteiger partial charge in [0.15, 0.2) is 0 Å². The van der Waals surface area contributed by atoms with Crippen LogP contribution in [0.4, 0.5) is 11.4 Å². The summed E-state index contributed by atoms with van der Waals surface area (Å²) in [7, 11) is 0. The van der Waals surface area contributed by atoms with Crippen molar-refractivity contribution >= 4 is 34.5 Å². The minimum absolute atomic E-state index is 0.0422. The highest BCUT2D eigenvalue weighted by molar-refractivity contribution is 7.14. The molecule has 0 radical (unpaired) electrons. The smallest absolute Gasteiger partial charge is 0.265 e. The van der Waals surface area contributed by atoms with Crippen LogP contribution in [0.3, 0.4) is 0 Å². The van der Waals surface area contributed by atoms with Crippen LogP contribution in [0.25, 0.3) is 0 Å². The molecular weight excluding hydrogens is 320 g/mol. The third-order valence-electron chi connectivity index (χ3n) is 4.73. The molecular formula is C19H20N2O2S. The predicted molar refractivity (Wildman–Crippen MR) is 96.9 cm³/mol. The van der Waals surface area contributed by atoms with Crippen molar-refractivity contribution in [2.24, 2.45) is 0 Å². The van der Waals surface area contributed by atoms with Gasteiger partial charge in [0, 0.05) is 29.2 Å². The van der Waals surface area contributed by atoms with Crippen LogP contribution < -0.4 is 10.2 Å². The second-order valence-corrected chi connectivity index (χ2v) is 7.55. The van der Waals surface area contributed by atoms with E-state index in [1.165, 1.54) is 23.3 Å². The van der Waals surface area contributed by atoms with Crippen molar-refractivity contribution in [3.63, 3.8) is 0 Å². The van der Waals surface area contributed by atoms with E-state index in [0.29, 0.717) is 6.42 Å². The highest BCUT2D eigenvalue weighted by atomic mass is 32.1. The van der Waals surface area contributed by atoms with Crippen molar-refractivity contribution in [1.29, 1.82) is 0 Å². The standard InChI is InChI=1S/C19H20N2O2S/c22-18-6-3-11-21(18)15-9-7-14(8-10-15)20-19(23)17-12-13-4-1-2-5-16(13)24-17/h7-10,12H,1-6,11H2,(H,20,23). The molecule has 2 amide bonds. The number of benzene rings is 1. The lowest BCUT2D eigenvalue weighted by Crippen LogP contribution is -2.23. The summed E-state index contributed by atoms with van der Waals surface area (Å²) in [5.74, 6) is 0.135. The molecule has 5 heteroatoms.